The minimum Gasteiger partial charge on any atom is -0.453 e. The lowest BCUT2D eigenvalue weighted by molar-refractivity contribution is -0.141. The molecule has 0 radical (unpaired) electrons. The van der Waals surface area contributed by atoms with Crippen molar-refractivity contribution in [3.8, 4) is 17.0 Å². The van der Waals surface area contributed by atoms with Crippen LogP contribution in [-0.2, 0) is 6.18 Å². The first-order chi connectivity index (χ1) is 10.9. The predicted molar refractivity (Wildman–Crippen MR) is 76.7 cm³/mol. The molecule has 2 heterocycles. The molecule has 4 nitrogen and oxygen atoms in total. The van der Waals surface area contributed by atoms with Gasteiger partial charge >= 0.3 is 6.18 Å². The van der Waals surface area contributed by atoms with Crippen molar-refractivity contribution in [2.24, 2.45) is 0 Å². The molecule has 0 aliphatic carbocycles. The molecule has 3 rings (SSSR count). The van der Waals surface area contributed by atoms with E-state index in [2.05, 4.69) is 5.10 Å². The van der Waals surface area contributed by atoms with E-state index in [1.54, 1.807) is 12.1 Å². The van der Waals surface area contributed by atoms with Gasteiger partial charge in [0.2, 0.25) is 0 Å². The zero-order chi connectivity index (χ0) is 16.6. The highest BCUT2D eigenvalue weighted by Gasteiger charge is 2.34. The third kappa shape index (κ3) is 2.87. The Balaban J connectivity index is 2.15. The first-order valence-electron chi connectivity index (χ1n) is 6.37. The van der Waals surface area contributed by atoms with Crippen LogP contribution >= 0.6 is 11.6 Å². The molecule has 0 fully saturated rings. The van der Waals surface area contributed by atoms with Gasteiger partial charge in [-0.05, 0) is 30.3 Å². The largest absolute Gasteiger partial charge is 0.453 e. The van der Waals surface area contributed by atoms with E-state index in [1.807, 2.05) is 0 Å². The summed E-state index contributed by atoms with van der Waals surface area (Å²) in [6, 6.07) is 8.61. The fourth-order valence-electron chi connectivity index (χ4n) is 2.11. The molecular formula is C15H8ClF3N2O2. The standard InChI is InChI=1S/C15H8ClF3N2O2/c16-11-3-1-2-10(12-5-4-9(8-22)23-12)14(11)21-7-6-13(20-21)15(17,18)19/h1-8H. The summed E-state index contributed by atoms with van der Waals surface area (Å²) in [6.07, 6.45) is -2.86. The van der Waals surface area contributed by atoms with Gasteiger partial charge in [0.25, 0.3) is 0 Å². The van der Waals surface area contributed by atoms with E-state index >= 15 is 0 Å². The van der Waals surface area contributed by atoms with Crippen molar-refractivity contribution in [1.29, 1.82) is 0 Å². The summed E-state index contributed by atoms with van der Waals surface area (Å²) in [6.45, 7) is 0. The van der Waals surface area contributed by atoms with Gasteiger partial charge in [0.15, 0.2) is 17.7 Å². The molecule has 0 N–H and O–H groups in total. The number of alkyl halides is 3. The smallest absolute Gasteiger partial charge is 0.435 e. The van der Waals surface area contributed by atoms with Crippen LogP contribution in [0.1, 0.15) is 16.2 Å². The molecule has 2 aromatic heterocycles. The number of carbonyl (C=O) groups is 1. The Labute approximate surface area is 133 Å². The fraction of sp³-hybridized carbons (Fsp3) is 0.0667. The molecule has 0 amide bonds. The Morgan fingerprint density at radius 3 is 2.57 bits per heavy atom. The van der Waals surface area contributed by atoms with Crippen LogP contribution in [0.15, 0.2) is 47.0 Å². The SMILES string of the molecule is O=Cc1ccc(-c2cccc(Cl)c2-n2ccc(C(F)(F)F)n2)o1. The molecule has 3 aromatic rings. The van der Waals surface area contributed by atoms with Crippen molar-refractivity contribution in [2.75, 3.05) is 0 Å². The van der Waals surface area contributed by atoms with E-state index in [0.717, 1.165) is 16.9 Å². The monoisotopic (exact) mass is 340 g/mol. The molecule has 0 saturated carbocycles. The van der Waals surface area contributed by atoms with Gasteiger partial charge < -0.3 is 4.42 Å². The van der Waals surface area contributed by atoms with Gasteiger partial charge in [-0.2, -0.15) is 18.3 Å². The van der Waals surface area contributed by atoms with Crippen LogP contribution in [0.2, 0.25) is 5.02 Å². The summed E-state index contributed by atoms with van der Waals surface area (Å²) in [5.74, 6) is 0.399. The molecule has 0 aliphatic heterocycles. The third-order valence-electron chi connectivity index (χ3n) is 3.10. The highest BCUT2D eigenvalue weighted by molar-refractivity contribution is 6.33. The molecule has 1 aromatic carbocycles. The van der Waals surface area contributed by atoms with Crippen molar-refractivity contribution in [3.63, 3.8) is 0 Å². The number of carbonyl (C=O) groups excluding carboxylic acids is 1. The minimum atomic E-state index is -4.55. The Morgan fingerprint density at radius 1 is 1.17 bits per heavy atom. The molecule has 0 unspecified atom stereocenters. The number of nitrogens with zero attached hydrogens (tertiary/aromatic N) is 2. The van der Waals surface area contributed by atoms with Gasteiger partial charge in [-0.25, -0.2) is 4.68 Å². The van der Waals surface area contributed by atoms with Crippen molar-refractivity contribution < 1.29 is 22.4 Å². The van der Waals surface area contributed by atoms with Crippen LogP contribution in [0.5, 0.6) is 0 Å². The molecule has 0 bridgehead atoms. The van der Waals surface area contributed by atoms with E-state index < -0.39 is 11.9 Å². The average molecular weight is 341 g/mol. The second-order valence-corrected chi connectivity index (χ2v) is 5.01. The number of rotatable bonds is 3. The van der Waals surface area contributed by atoms with Gasteiger partial charge in [-0.3, -0.25) is 4.79 Å². The number of aromatic nitrogens is 2. The number of para-hydroxylation sites is 1. The lowest BCUT2D eigenvalue weighted by atomic mass is 10.1. The average Bonchev–Trinajstić information content (AvgIpc) is 3.15. The Bertz CT molecular complexity index is 868. The van der Waals surface area contributed by atoms with Crippen LogP contribution in [-0.4, -0.2) is 16.1 Å². The van der Waals surface area contributed by atoms with Gasteiger partial charge in [0.1, 0.15) is 5.76 Å². The lowest BCUT2D eigenvalue weighted by Crippen LogP contribution is -2.07. The van der Waals surface area contributed by atoms with E-state index in [9.17, 15) is 18.0 Å². The van der Waals surface area contributed by atoms with E-state index in [4.69, 9.17) is 16.0 Å². The quantitative estimate of drug-likeness (QED) is 0.654. The van der Waals surface area contributed by atoms with Gasteiger partial charge in [-0.15, -0.1) is 0 Å². The predicted octanol–water partition coefficient (Wildman–Crippen LogP) is 4.62. The summed E-state index contributed by atoms with van der Waals surface area (Å²) >= 11 is 6.12. The summed E-state index contributed by atoms with van der Waals surface area (Å²) in [5.41, 5.74) is -0.379. The Kier molecular flexibility index (Phi) is 3.73. The summed E-state index contributed by atoms with van der Waals surface area (Å²) in [4.78, 5) is 10.7. The highest BCUT2D eigenvalue weighted by atomic mass is 35.5. The van der Waals surface area contributed by atoms with Crippen molar-refractivity contribution in [3.05, 3.63) is 59.1 Å². The number of furan rings is 1. The van der Waals surface area contributed by atoms with Crippen LogP contribution in [0.25, 0.3) is 17.0 Å². The molecule has 8 heteroatoms. The first kappa shape index (κ1) is 15.4. The van der Waals surface area contributed by atoms with Crippen molar-refractivity contribution >= 4 is 17.9 Å². The normalized spacial score (nSPS) is 11.7. The minimum absolute atomic E-state index is 0.0994. The summed E-state index contributed by atoms with van der Waals surface area (Å²) < 4.78 is 44.5. The number of aldehydes is 1. The summed E-state index contributed by atoms with van der Waals surface area (Å²) in [5, 5.41) is 3.72. The Hall–Kier alpha value is -2.54. The first-order valence-corrected chi connectivity index (χ1v) is 6.75. The maximum Gasteiger partial charge on any atom is 0.435 e. The van der Waals surface area contributed by atoms with Crippen LogP contribution < -0.4 is 0 Å². The van der Waals surface area contributed by atoms with Crippen molar-refractivity contribution in [2.45, 2.75) is 6.18 Å². The molecule has 118 valence electrons. The van der Waals surface area contributed by atoms with E-state index in [1.165, 1.54) is 18.2 Å². The molecule has 0 aliphatic rings. The van der Waals surface area contributed by atoms with Gasteiger partial charge in [-0.1, -0.05) is 17.7 Å². The molecule has 0 spiro atoms. The maximum atomic E-state index is 12.7. The molecule has 0 atom stereocenters. The fourth-order valence-corrected chi connectivity index (χ4v) is 2.37. The zero-order valence-corrected chi connectivity index (χ0v) is 12.1. The second-order valence-electron chi connectivity index (χ2n) is 4.60. The molecular weight excluding hydrogens is 333 g/mol. The number of hydrogen-bond donors (Lipinski definition) is 0. The van der Waals surface area contributed by atoms with Crippen LogP contribution in [0.3, 0.4) is 0 Å². The van der Waals surface area contributed by atoms with E-state index in [0.29, 0.717) is 17.6 Å². The zero-order valence-electron chi connectivity index (χ0n) is 11.3. The number of hydrogen-bond acceptors (Lipinski definition) is 3. The number of benzene rings is 1. The third-order valence-corrected chi connectivity index (χ3v) is 3.41. The topological polar surface area (TPSA) is 48.0 Å². The molecule has 23 heavy (non-hydrogen) atoms. The van der Waals surface area contributed by atoms with Crippen LogP contribution in [0.4, 0.5) is 13.2 Å². The highest BCUT2D eigenvalue weighted by Crippen LogP contribution is 2.34. The van der Waals surface area contributed by atoms with Gasteiger partial charge in [0, 0.05) is 11.8 Å². The number of halogens is 4. The molecule has 0 saturated heterocycles. The maximum absolute atomic E-state index is 12.7. The lowest BCUT2D eigenvalue weighted by Gasteiger charge is -2.10. The van der Waals surface area contributed by atoms with E-state index in [-0.39, 0.29) is 16.5 Å². The van der Waals surface area contributed by atoms with Gasteiger partial charge in [0.05, 0.1) is 10.7 Å². The second kappa shape index (κ2) is 5.58. The van der Waals surface area contributed by atoms with Crippen LogP contribution in [0, 0.1) is 0 Å². The summed E-state index contributed by atoms with van der Waals surface area (Å²) in [7, 11) is 0. The van der Waals surface area contributed by atoms with Crippen molar-refractivity contribution in [1.82, 2.24) is 9.78 Å². The Morgan fingerprint density at radius 2 is 1.96 bits per heavy atom.